The van der Waals surface area contributed by atoms with Crippen molar-refractivity contribution >= 4 is 6.08 Å². The first-order valence-electron chi connectivity index (χ1n) is 5.05. The Labute approximate surface area is 96.6 Å². The summed E-state index contributed by atoms with van der Waals surface area (Å²) in [5.74, 6) is 3.01. The predicted molar refractivity (Wildman–Crippen MR) is 66.1 cm³/mol. The third kappa shape index (κ3) is 2.88. The number of aliphatic hydroxyl groups excluding tert-OH is 1. The molecule has 0 amide bonds. The van der Waals surface area contributed by atoms with E-state index in [1.807, 2.05) is 32.1 Å². The van der Waals surface area contributed by atoms with Crippen molar-refractivity contribution in [3.8, 4) is 18.1 Å². The Bertz CT molecular complexity index is 435. The Morgan fingerprint density at radius 2 is 2.19 bits per heavy atom. The number of terminal acetylenes is 1. The molecule has 2 heteroatoms. The van der Waals surface area contributed by atoms with Crippen molar-refractivity contribution in [3.05, 3.63) is 34.9 Å². The lowest BCUT2D eigenvalue weighted by Crippen LogP contribution is -1.98. The van der Waals surface area contributed by atoms with Crippen molar-refractivity contribution in [2.45, 2.75) is 20.0 Å². The van der Waals surface area contributed by atoms with Crippen molar-refractivity contribution in [1.82, 2.24) is 0 Å². The second-order valence-corrected chi connectivity index (χ2v) is 3.79. The maximum absolute atomic E-state index is 9.72. The molecule has 0 aliphatic heterocycles. The number of methoxy groups -OCH3 is 1. The molecule has 16 heavy (non-hydrogen) atoms. The van der Waals surface area contributed by atoms with Crippen molar-refractivity contribution in [1.29, 1.82) is 0 Å². The van der Waals surface area contributed by atoms with Crippen molar-refractivity contribution in [2.24, 2.45) is 0 Å². The summed E-state index contributed by atoms with van der Waals surface area (Å²) >= 11 is 0. The first kappa shape index (κ1) is 12.4. The lowest BCUT2D eigenvalue weighted by molar-refractivity contribution is 0.237. The molecule has 0 radical (unpaired) electrons. The van der Waals surface area contributed by atoms with Crippen LogP contribution in [0.2, 0.25) is 0 Å². The van der Waals surface area contributed by atoms with Crippen molar-refractivity contribution in [3.63, 3.8) is 0 Å². The summed E-state index contributed by atoms with van der Waals surface area (Å²) in [7, 11) is 1.59. The Morgan fingerprint density at radius 3 is 2.69 bits per heavy atom. The van der Waals surface area contributed by atoms with Gasteiger partial charge in [0.15, 0.2) is 0 Å². The van der Waals surface area contributed by atoms with Crippen molar-refractivity contribution < 1.29 is 9.84 Å². The molecular formula is C14H16O2. The maximum Gasteiger partial charge on any atom is 0.140 e. The molecule has 1 N–H and O–H groups in total. The third-order valence-corrected chi connectivity index (χ3v) is 2.19. The average Bonchev–Trinajstić information content (AvgIpc) is 2.28. The number of allylic oxidation sites excluding steroid dienone is 1. The zero-order chi connectivity index (χ0) is 12.1. The number of aliphatic hydroxyl groups is 1. The fourth-order valence-corrected chi connectivity index (χ4v) is 1.45. The van der Waals surface area contributed by atoms with E-state index in [0.717, 1.165) is 11.1 Å². The zero-order valence-electron chi connectivity index (χ0n) is 9.82. The van der Waals surface area contributed by atoms with Crippen LogP contribution in [0.15, 0.2) is 23.8 Å². The molecule has 0 saturated carbocycles. The molecule has 84 valence electrons. The van der Waals surface area contributed by atoms with Crippen LogP contribution in [-0.2, 0) is 0 Å². The summed E-state index contributed by atoms with van der Waals surface area (Å²) in [6.07, 6.45) is 6.31. The van der Waals surface area contributed by atoms with Gasteiger partial charge in [-0.05, 0) is 31.5 Å². The summed E-state index contributed by atoms with van der Waals surface area (Å²) in [4.78, 5) is 0. The standard InChI is InChI=1S/C14H16O2/c1-5-14(15)13-9-12(16-4)7-6-11(13)8-10(2)3/h1,6-9,14-15H,2-4H3. The first-order chi connectivity index (χ1) is 7.58. The van der Waals surface area contributed by atoms with Crippen LogP contribution in [0.4, 0.5) is 0 Å². The van der Waals surface area contributed by atoms with Gasteiger partial charge in [0.2, 0.25) is 0 Å². The summed E-state index contributed by atoms with van der Waals surface area (Å²) in [6.45, 7) is 3.99. The van der Waals surface area contributed by atoms with Crippen LogP contribution in [-0.4, -0.2) is 12.2 Å². The lowest BCUT2D eigenvalue weighted by Gasteiger charge is -2.11. The van der Waals surface area contributed by atoms with Gasteiger partial charge in [-0.3, -0.25) is 0 Å². The van der Waals surface area contributed by atoms with Gasteiger partial charge in [-0.2, -0.15) is 0 Å². The Morgan fingerprint density at radius 1 is 1.50 bits per heavy atom. The van der Waals surface area contributed by atoms with E-state index in [-0.39, 0.29) is 0 Å². The van der Waals surface area contributed by atoms with Gasteiger partial charge in [0.05, 0.1) is 7.11 Å². The van der Waals surface area contributed by atoms with Crippen LogP contribution in [0.3, 0.4) is 0 Å². The van der Waals surface area contributed by atoms with Gasteiger partial charge in [0, 0.05) is 5.56 Å². The number of rotatable bonds is 3. The van der Waals surface area contributed by atoms with E-state index < -0.39 is 6.10 Å². The minimum Gasteiger partial charge on any atom is -0.497 e. The monoisotopic (exact) mass is 216 g/mol. The lowest BCUT2D eigenvalue weighted by atomic mass is 10.0. The molecule has 2 nitrogen and oxygen atoms in total. The maximum atomic E-state index is 9.72. The number of ether oxygens (including phenoxy) is 1. The number of hydrogen-bond donors (Lipinski definition) is 1. The highest BCUT2D eigenvalue weighted by Gasteiger charge is 2.09. The van der Waals surface area contributed by atoms with Gasteiger partial charge in [-0.25, -0.2) is 0 Å². The van der Waals surface area contributed by atoms with E-state index in [0.29, 0.717) is 11.3 Å². The summed E-state index contributed by atoms with van der Waals surface area (Å²) in [5, 5.41) is 9.72. The molecule has 0 fully saturated rings. The zero-order valence-corrected chi connectivity index (χ0v) is 9.82. The molecule has 0 spiro atoms. The van der Waals surface area contributed by atoms with Gasteiger partial charge in [-0.15, -0.1) is 6.42 Å². The Hall–Kier alpha value is -1.72. The fourth-order valence-electron chi connectivity index (χ4n) is 1.45. The minimum absolute atomic E-state index is 0.690. The quantitative estimate of drug-likeness (QED) is 0.787. The van der Waals surface area contributed by atoms with E-state index >= 15 is 0 Å². The summed E-state index contributed by atoms with van der Waals surface area (Å²) in [6, 6.07) is 5.50. The smallest absolute Gasteiger partial charge is 0.140 e. The molecule has 0 saturated heterocycles. The largest absolute Gasteiger partial charge is 0.497 e. The third-order valence-electron chi connectivity index (χ3n) is 2.19. The molecule has 0 aromatic heterocycles. The van der Waals surface area contributed by atoms with E-state index in [2.05, 4.69) is 5.92 Å². The highest BCUT2D eigenvalue weighted by molar-refractivity contribution is 5.59. The highest BCUT2D eigenvalue weighted by atomic mass is 16.5. The number of benzene rings is 1. The van der Waals surface area contributed by atoms with E-state index in [4.69, 9.17) is 11.2 Å². The van der Waals surface area contributed by atoms with Crippen LogP contribution in [0.25, 0.3) is 6.08 Å². The Kier molecular flexibility index (Phi) is 4.16. The second kappa shape index (κ2) is 5.39. The molecule has 1 unspecified atom stereocenters. The van der Waals surface area contributed by atoms with Crippen LogP contribution in [0.5, 0.6) is 5.75 Å². The fraction of sp³-hybridized carbons (Fsp3) is 0.286. The Balaban J connectivity index is 3.28. The molecule has 1 aromatic rings. The molecule has 1 rings (SSSR count). The topological polar surface area (TPSA) is 29.5 Å². The molecule has 0 bridgehead atoms. The molecular weight excluding hydrogens is 200 g/mol. The van der Waals surface area contributed by atoms with Gasteiger partial charge in [-0.1, -0.05) is 23.6 Å². The van der Waals surface area contributed by atoms with Gasteiger partial charge in [0.1, 0.15) is 11.9 Å². The minimum atomic E-state index is -0.902. The van der Waals surface area contributed by atoms with E-state index in [1.54, 1.807) is 13.2 Å². The molecule has 0 aliphatic rings. The summed E-state index contributed by atoms with van der Waals surface area (Å²) in [5.41, 5.74) is 2.77. The van der Waals surface area contributed by atoms with Gasteiger partial charge < -0.3 is 9.84 Å². The van der Waals surface area contributed by atoms with Crippen molar-refractivity contribution in [2.75, 3.05) is 7.11 Å². The van der Waals surface area contributed by atoms with E-state index in [9.17, 15) is 5.11 Å². The molecule has 1 aromatic carbocycles. The van der Waals surface area contributed by atoms with Crippen LogP contribution in [0, 0.1) is 12.3 Å². The van der Waals surface area contributed by atoms with E-state index in [1.165, 1.54) is 0 Å². The SMILES string of the molecule is C#CC(O)c1cc(OC)ccc1C=C(C)C. The second-order valence-electron chi connectivity index (χ2n) is 3.79. The predicted octanol–water partition coefficient (Wildman–Crippen LogP) is 2.79. The molecule has 0 heterocycles. The van der Waals surface area contributed by atoms with Crippen LogP contribution < -0.4 is 4.74 Å². The normalized spacial score (nSPS) is 11.4. The summed E-state index contributed by atoms with van der Waals surface area (Å²) < 4.78 is 5.11. The average molecular weight is 216 g/mol. The van der Waals surface area contributed by atoms with Gasteiger partial charge >= 0.3 is 0 Å². The first-order valence-corrected chi connectivity index (χ1v) is 5.05. The van der Waals surface area contributed by atoms with Crippen LogP contribution in [0.1, 0.15) is 31.1 Å². The number of hydrogen-bond acceptors (Lipinski definition) is 2. The molecule has 1 atom stereocenters. The van der Waals surface area contributed by atoms with Crippen LogP contribution >= 0.6 is 0 Å². The van der Waals surface area contributed by atoms with Gasteiger partial charge in [0.25, 0.3) is 0 Å². The highest BCUT2D eigenvalue weighted by Crippen LogP contribution is 2.25. The molecule has 0 aliphatic carbocycles.